The number of nitrogens with one attached hydrogen (secondary N) is 3. The fourth-order valence-electron chi connectivity index (χ4n) is 1.58. The number of carboxylic acid groups (broad SMARTS) is 1. The molecule has 140 valence electrons. The Morgan fingerprint density at radius 2 is 1.80 bits per heavy atom. The molecule has 2 unspecified atom stereocenters. The molecule has 0 spiro atoms. The molecule has 0 saturated heterocycles. The minimum atomic E-state index is -1.12. The number of rotatable bonds is 10. The van der Waals surface area contributed by atoms with Crippen LogP contribution in [0, 0.1) is 0 Å². The number of thioether (sulfide) groups is 1. The molecule has 0 aliphatic heterocycles. The van der Waals surface area contributed by atoms with Gasteiger partial charge in [0.2, 0.25) is 23.1 Å². The summed E-state index contributed by atoms with van der Waals surface area (Å²) in [6.07, 6.45) is 0. The Hall–Kier alpha value is -1.85. The molecule has 1 aromatic rings. The normalized spacial score (nSPS) is 13.2. The molecule has 25 heavy (non-hydrogen) atoms. The molecule has 1 amide bonds. The van der Waals surface area contributed by atoms with Crippen molar-refractivity contribution in [2.45, 2.75) is 38.2 Å². The maximum atomic E-state index is 11.6. The van der Waals surface area contributed by atoms with Gasteiger partial charge in [0.25, 0.3) is 0 Å². The monoisotopic (exact) mass is 391 g/mol. The summed E-state index contributed by atoms with van der Waals surface area (Å²) in [5.74, 6) is -0.698. The number of anilines is 2. The molecule has 0 aromatic carbocycles. The number of carbonyl (C=O) groups excluding carboxylic acids is 1. The van der Waals surface area contributed by atoms with Gasteiger partial charge < -0.3 is 26.8 Å². The number of nitrogens with zero attached hydrogens (tertiary/aromatic N) is 3. The molecule has 2 atom stereocenters. The van der Waals surface area contributed by atoms with E-state index >= 15 is 0 Å². The molecule has 10 nitrogen and oxygen atoms in total. The van der Waals surface area contributed by atoms with E-state index in [1.54, 1.807) is 0 Å². The van der Waals surface area contributed by atoms with Crippen molar-refractivity contribution in [3.05, 3.63) is 5.28 Å². The van der Waals surface area contributed by atoms with Crippen molar-refractivity contribution in [1.82, 2.24) is 20.3 Å². The van der Waals surface area contributed by atoms with Gasteiger partial charge in [0.05, 0.1) is 11.4 Å². The van der Waals surface area contributed by atoms with E-state index in [0.717, 1.165) is 0 Å². The van der Waals surface area contributed by atoms with Crippen LogP contribution in [0.3, 0.4) is 0 Å². The van der Waals surface area contributed by atoms with Crippen LogP contribution in [0.25, 0.3) is 0 Å². The first-order chi connectivity index (χ1) is 11.7. The number of hydrogen-bond acceptors (Lipinski definition) is 9. The number of aliphatic carboxylic acids is 1. The zero-order valence-electron chi connectivity index (χ0n) is 14.1. The highest BCUT2D eigenvalue weighted by Gasteiger charge is 2.16. The molecule has 0 aliphatic rings. The first-order valence-electron chi connectivity index (χ1n) is 7.48. The van der Waals surface area contributed by atoms with Crippen LogP contribution < -0.4 is 21.7 Å². The number of aromatic nitrogens is 3. The van der Waals surface area contributed by atoms with Gasteiger partial charge in [-0.2, -0.15) is 15.0 Å². The molecule has 6 N–H and O–H groups in total. The number of amides is 1. The molecule has 0 saturated carbocycles. The molecule has 1 rings (SSSR count). The highest BCUT2D eigenvalue weighted by atomic mass is 35.5. The topological polar surface area (TPSA) is 155 Å². The van der Waals surface area contributed by atoms with Crippen molar-refractivity contribution in [3.63, 3.8) is 0 Å². The second kappa shape index (κ2) is 10.2. The summed E-state index contributed by atoms with van der Waals surface area (Å²) in [5.41, 5.74) is 5.72. The van der Waals surface area contributed by atoms with Gasteiger partial charge in [-0.1, -0.05) is 0 Å². The summed E-state index contributed by atoms with van der Waals surface area (Å²) in [5, 5.41) is 16.7. The maximum Gasteiger partial charge on any atom is 0.322 e. The number of hydrogen-bond donors (Lipinski definition) is 5. The van der Waals surface area contributed by atoms with Gasteiger partial charge in [0.15, 0.2) is 0 Å². The summed E-state index contributed by atoms with van der Waals surface area (Å²) in [6, 6.07) is -0.686. The predicted octanol–water partition coefficient (Wildman–Crippen LogP) is 0.365. The van der Waals surface area contributed by atoms with Gasteiger partial charge >= 0.3 is 5.97 Å². The lowest BCUT2D eigenvalue weighted by atomic mass is 10.3. The molecule has 0 radical (unpaired) electrons. The van der Waals surface area contributed by atoms with E-state index in [0.29, 0.717) is 11.9 Å². The Morgan fingerprint density at radius 3 is 2.36 bits per heavy atom. The highest BCUT2D eigenvalue weighted by Crippen LogP contribution is 2.16. The third-order valence-electron chi connectivity index (χ3n) is 2.63. The second-order valence-corrected chi connectivity index (χ2v) is 7.10. The van der Waals surface area contributed by atoms with Crippen LogP contribution in [-0.4, -0.2) is 61.7 Å². The van der Waals surface area contributed by atoms with Crippen molar-refractivity contribution in [1.29, 1.82) is 0 Å². The highest BCUT2D eigenvalue weighted by molar-refractivity contribution is 8.00. The summed E-state index contributed by atoms with van der Waals surface area (Å²) < 4.78 is 0. The quantitative estimate of drug-likeness (QED) is 0.353. The largest absolute Gasteiger partial charge is 0.480 e. The number of carboxylic acids is 1. The predicted molar refractivity (Wildman–Crippen MR) is 97.8 cm³/mol. The van der Waals surface area contributed by atoms with E-state index in [4.69, 9.17) is 22.4 Å². The van der Waals surface area contributed by atoms with Crippen LogP contribution in [0.4, 0.5) is 11.9 Å². The van der Waals surface area contributed by atoms with E-state index in [2.05, 4.69) is 30.9 Å². The summed E-state index contributed by atoms with van der Waals surface area (Å²) in [6.45, 7) is 5.28. The summed E-state index contributed by atoms with van der Waals surface area (Å²) in [4.78, 5) is 34.2. The number of carbonyl (C=O) groups is 2. The third-order valence-corrected chi connectivity index (χ3v) is 3.97. The minimum absolute atomic E-state index is 0.0580. The minimum Gasteiger partial charge on any atom is -0.480 e. The Balaban J connectivity index is 2.51. The zero-order chi connectivity index (χ0) is 19.0. The van der Waals surface area contributed by atoms with Crippen LogP contribution >= 0.6 is 23.4 Å². The van der Waals surface area contributed by atoms with Gasteiger partial charge in [-0.3, -0.25) is 9.59 Å². The lowest BCUT2D eigenvalue weighted by molar-refractivity contribution is -0.138. The SMILES string of the molecule is CC(C)Nc1nc(Cl)nc(NC(C)SCC(N)C(=O)NCC(=O)O)n1. The average Bonchev–Trinajstić information content (AvgIpc) is 2.48. The van der Waals surface area contributed by atoms with Crippen LogP contribution in [-0.2, 0) is 9.59 Å². The smallest absolute Gasteiger partial charge is 0.322 e. The Bertz CT molecular complexity index is 605. The molecule has 1 aromatic heterocycles. The van der Waals surface area contributed by atoms with E-state index in [9.17, 15) is 9.59 Å². The van der Waals surface area contributed by atoms with Crippen LogP contribution in [0.5, 0.6) is 0 Å². The lowest BCUT2D eigenvalue weighted by Gasteiger charge is -2.17. The average molecular weight is 392 g/mol. The van der Waals surface area contributed by atoms with Gasteiger partial charge in [-0.05, 0) is 32.4 Å². The van der Waals surface area contributed by atoms with E-state index in [1.807, 2.05) is 20.8 Å². The molecular formula is C13H22ClN7O3S. The second-order valence-electron chi connectivity index (χ2n) is 5.39. The number of halogens is 1. The Kier molecular flexibility index (Phi) is 8.66. The third kappa shape index (κ3) is 8.70. The summed E-state index contributed by atoms with van der Waals surface area (Å²) >= 11 is 7.24. The van der Waals surface area contributed by atoms with Gasteiger partial charge in [0, 0.05) is 11.8 Å². The van der Waals surface area contributed by atoms with Crippen molar-refractivity contribution in [2.75, 3.05) is 22.9 Å². The molecule has 12 heteroatoms. The van der Waals surface area contributed by atoms with Crippen LogP contribution in [0.15, 0.2) is 0 Å². The molecule has 0 aliphatic carbocycles. The lowest BCUT2D eigenvalue weighted by Crippen LogP contribution is -2.44. The first-order valence-corrected chi connectivity index (χ1v) is 8.91. The molecular weight excluding hydrogens is 370 g/mol. The maximum absolute atomic E-state index is 11.6. The fraction of sp³-hybridized carbons (Fsp3) is 0.615. The molecule has 0 fully saturated rings. The first kappa shape index (κ1) is 21.2. The van der Waals surface area contributed by atoms with Crippen molar-refractivity contribution >= 4 is 47.1 Å². The van der Waals surface area contributed by atoms with E-state index in [1.165, 1.54) is 11.8 Å². The van der Waals surface area contributed by atoms with Crippen molar-refractivity contribution in [3.8, 4) is 0 Å². The van der Waals surface area contributed by atoms with Gasteiger partial charge in [-0.15, -0.1) is 11.8 Å². The summed E-state index contributed by atoms with van der Waals surface area (Å²) in [7, 11) is 0. The van der Waals surface area contributed by atoms with E-state index < -0.39 is 24.5 Å². The zero-order valence-corrected chi connectivity index (χ0v) is 15.7. The van der Waals surface area contributed by atoms with Crippen molar-refractivity contribution < 1.29 is 14.7 Å². The van der Waals surface area contributed by atoms with Gasteiger partial charge in [-0.25, -0.2) is 0 Å². The van der Waals surface area contributed by atoms with Crippen LogP contribution in [0.1, 0.15) is 20.8 Å². The Morgan fingerprint density at radius 1 is 1.20 bits per heavy atom. The Labute approximate surface area is 154 Å². The number of nitrogens with two attached hydrogens (primary N) is 1. The standard InChI is InChI=1S/C13H22ClN7O3S/c1-6(2)17-12-19-11(14)20-13(21-12)18-7(3)25-5-8(15)10(24)16-4-9(22)23/h6-8H,4-5,15H2,1-3H3,(H,16,24)(H,22,23)(H2,17,18,19,20,21). The van der Waals surface area contributed by atoms with Gasteiger partial charge in [0.1, 0.15) is 6.54 Å². The van der Waals surface area contributed by atoms with E-state index in [-0.39, 0.29) is 22.5 Å². The van der Waals surface area contributed by atoms with Crippen molar-refractivity contribution in [2.24, 2.45) is 5.73 Å². The van der Waals surface area contributed by atoms with Crippen LogP contribution in [0.2, 0.25) is 5.28 Å². The molecule has 0 bridgehead atoms. The fourth-order valence-corrected chi connectivity index (χ4v) is 2.57. The molecule has 1 heterocycles.